The van der Waals surface area contributed by atoms with Gasteiger partial charge in [-0.05, 0) is 50.6 Å². The second-order valence-corrected chi connectivity index (χ2v) is 7.99. The zero-order valence-corrected chi connectivity index (χ0v) is 18.0. The average Bonchev–Trinajstić information content (AvgIpc) is 2.99. The van der Waals surface area contributed by atoms with Gasteiger partial charge < -0.3 is 14.8 Å². The van der Waals surface area contributed by atoms with Gasteiger partial charge >= 0.3 is 11.9 Å². The number of halogens is 1. The van der Waals surface area contributed by atoms with Crippen LogP contribution in [0.5, 0.6) is 0 Å². The first-order valence-corrected chi connectivity index (χ1v) is 10.8. The molecule has 0 radical (unpaired) electrons. The first-order chi connectivity index (χ1) is 13.9. The maximum atomic E-state index is 12.9. The molecule has 1 amide bonds. The van der Waals surface area contributed by atoms with Gasteiger partial charge in [-0.3, -0.25) is 4.79 Å². The summed E-state index contributed by atoms with van der Waals surface area (Å²) in [5.41, 5.74) is 0.585. The molecule has 1 heterocycles. The van der Waals surface area contributed by atoms with Gasteiger partial charge in [0, 0.05) is 17.1 Å². The summed E-state index contributed by atoms with van der Waals surface area (Å²) in [6.07, 6.45) is 0.177. The molecule has 1 aromatic carbocycles. The lowest BCUT2D eigenvalue weighted by atomic mass is 10.1. The highest BCUT2D eigenvalue weighted by molar-refractivity contribution is 7.99. The molecule has 29 heavy (non-hydrogen) atoms. The largest absolute Gasteiger partial charge is 0.462 e. The Bertz CT molecular complexity index is 880. The summed E-state index contributed by atoms with van der Waals surface area (Å²) in [6.45, 7) is 5.36. The zero-order valence-electron chi connectivity index (χ0n) is 16.4. The molecule has 0 aliphatic rings. The molecule has 0 saturated carbocycles. The van der Waals surface area contributed by atoms with Crippen LogP contribution in [0.25, 0.3) is 0 Å². The molecule has 0 aliphatic carbocycles. The van der Waals surface area contributed by atoms with E-state index in [1.807, 2.05) is 0 Å². The molecule has 6 nitrogen and oxygen atoms in total. The van der Waals surface area contributed by atoms with Crippen LogP contribution in [0.4, 0.5) is 9.39 Å². The molecular weight excluding hydrogens is 417 g/mol. The molecular formula is C20H22FNO5S2. The molecule has 0 saturated heterocycles. The van der Waals surface area contributed by atoms with Crippen LogP contribution in [0.1, 0.15) is 45.9 Å². The number of ether oxygens (including phenoxy) is 2. The van der Waals surface area contributed by atoms with Crippen molar-refractivity contribution in [2.24, 2.45) is 0 Å². The molecule has 0 fully saturated rings. The number of carbonyl (C=O) groups is 3. The van der Waals surface area contributed by atoms with Crippen molar-refractivity contribution in [3.8, 4) is 0 Å². The number of nitrogens with one attached hydrogen (secondary N) is 1. The fourth-order valence-corrected chi connectivity index (χ4v) is 4.38. The number of carbonyl (C=O) groups excluding carboxylic acids is 3. The number of benzene rings is 1. The first kappa shape index (κ1) is 22.9. The molecule has 2 aromatic rings. The third-order valence-corrected chi connectivity index (χ3v) is 5.95. The van der Waals surface area contributed by atoms with E-state index in [4.69, 9.17) is 9.47 Å². The number of anilines is 1. The van der Waals surface area contributed by atoms with E-state index < -0.39 is 11.9 Å². The monoisotopic (exact) mass is 439 g/mol. The molecule has 9 heteroatoms. The van der Waals surface area contributed by atoms with Crippen LogP contribution in [-0.4, -0.2) is 36.8 Å². The van der Waals surface area contributed by atoms with Gasteiger partial charge in [0.25, 0.3) is 0 Å². The number of esters is 2. The minimum absolute atomic E-state index is 0.166. The Morgan fingerprint density at radius 2 is 1.69 bits per heavy atom. The summed E-state index contributed by atoms with van der Waals surface area (Å²) in [4.78, 5) is 37.9. The first-order valence-electron chi connectivity index (χ1n) is 9.03. The Morgan fingerprint density at radius 1 is 1.07 bits per heavy atom. The summed E-state index contributed by atoms with van der Waals surface area (Å²) < 4.78 is 23.0. The summed E-state index contributed by atoms with van der Waals surface area (Å²) in [6, 6.07) is 6.01. The Balaban J connectivity index is 2.09. The van der Waals surface area contributed by atoms with E-state index in [0.29, 0.717) is 11.3 Å². The van der Waals surface area contributed by atoms with E-state index in [1.165, 1.54) is 23.9 Å². The van der Waals surface area contributed by atoms with Crippen molar-refractivity contribution < 1.29 is 28.2 Å². The minimum atomic E-state index is -0.604. The van der Waals surface area contributed by atoms with Crippen LogP contribution in [-0.2, 0) is 14.3 Å². The molecule has 0 spiro atoms. The smallest absolute Gasteiger partial charge is 0.348 e. The standard InChI is InChI=1S/C20H22FNO5S2/c1-4-26-19(24)16-12(3)17(20(25)27-5-2)29-18(16)22-15(23)10-11-28-14-8-6-13(21)7-9-14/h6-9H,4-5,10-11H2,1-3H3,(H,22,23). The molecule has 0 unspecified atom stereocenters. The van der Waals surface area contributed by atoms with E-state index in [0.717, 1.165) is 16.2 Å². The summed E-state index contributed by atoms with van der Waals surface area (Å²) in [7, 11) is 0. The number of hydrogen-bond acceptors (Lipinski definition) is 7. The minimum Gasteiger partial charge on any atom is -0.462 e. The van der Waals surface area contributed by atoms with Crippen LogP contribution in [0, 0.1) is 12.7 Å². The highest BCUT2D eigenvalue weighted by Gasteiger charge is 2.27. The van der Waals surface area contributed by atoms with Gasteiger partial charge in [0.2, 0.25) is 5.91 Å². The predicted octanol–water partition coefficient (Wildman–Crippen LogP) is 4.67. The SMILES string of the molecule is CCOC(=O)c1sc(NC(=O)CCSc2ccc(F)cc2)c(C(=O)OCC)c1C. The lowest BCUT2D eigenvalue weighted by Gasteiger charge is -2.07. The zero-order chi connectivity index (χ0) is 21.4. The maximum Gasteiger partial charge on any atom is 0.348 e. The van der Waals surface area contributed by atoms with Gasteiger partial charge in [-0.25, -0.2) is 14.0 Å². The summed E-state index contributed by atoms with van der Waals surface area (Å²) in [5.74, 6) is -1.30. The molecule has 156 valence electrons. The molecule has 1 aromatic heterocycles. The topological polar surface area (TPSA) is 81.7 Å². The van der Waals surface area contributed by atoms with Crippen molar-refractivity contribution in [3.05, 3.63) is 46.1 Å². The van der Waals surface area contributed by atoms with E-state index >= 15 is 0 Å². The lowest BCUT2D eigenvalue weighted by Crippen LogP contribution is -2.15. The van der Waals surface area contributed by atoms with Gasteiger partial charge in [0.15, 0.2) is 0 Å². The van der Waals surface area contributed by atoms with Crippen LogP contribution in [0.15, 0.2) is 29.2 Å². The Kier molecular flexibility index (Phi) is 8.66. The van der Waals surface area contributed by atoms with Gasteiger partial charge in [-0.1, -0.05) is 0 Å². The molecule has 0 atom stereocenters. The number of amides is 1. The number of hydrogen-bond donors (Lipinski definition) is 1. The van der Waals surface area contributed by atoms with Crippen LogP contribution in [0.2, 0.25) is 0 Å². The second kappa shape index (κ2) is 11.0. The third-order valence-electron chi connectivity index (χ3n) is 3.75. The van der Waals surface area contributed by atoms with E-state index in [1.54, 1.807) is 32.9 Å². The van der Waals surface area contributed by atoms with Crippen molar-refractivity contribution in [3.63, 3.8) is 0 Å². The van der Waals surface area contributed by atoms with E-state index in [2.05, 4.69) is 5.32 Å². The quantitative estimate of drug-likeness (QED) is 0.452. The molecule has 1 N–H and O–H groups in total. The van der Waals surface area contributed by atoms with Crippen molar-refractivity contribution in [2.75, 3.05) is 24.3 Å². The van der Waals surface area contributed by atoms with Crippen LogP contribution < -0.4 is 5.32 Å². The van der Waals surface area contributed by atoms with E-state index in [9.17, 15) is 18.8 Å². The van der Waals surface area contributed by atoms with Crippen LogP contribution in [0.3, 0.4) is 0 Å². The Labute approximate surface area is 176 Å². The fraction of sp³-hybridized carbons (Fsp3) is 0.350. The van der Waals surface area contributed by atoms with Crippen molar-refractivity contribution in [2.45, 2.75) is 32.1 Å². The van der Waals surface area contributed by atoms with Crippen molar-refractivity contribution in [1.82, 2.24) is 0 Å². The number of thiophene rings is 1. The fourth-order valence-electron chi connectivity index (χ4n) is 2.42. The number of rotatable bonds is 9. The number of thioether (sulfide) groups is 1. The lowest BCUT2D eigenvalue weighted by molar-refractivity contribution is -0.115. The third kappa shape index (κ3) is 6.30. The predicted molar refractivity (Wildman–Crippen MR) is 111 cm³/mol. The van der Waals surface area contributed by atoms with Gasteiger partial charge in [0.05, 0.1) is 18.8 Å². The summed E-state index contributed by atoms with van der Waals surface area (Å²) in [5, 5.41) is 2.97. The van der Waals surface area contributed by atoms with Gasteiger partial charge in [-0.2, -0.15) is 0 Å². The van der Waals surface area contributed by atoms with Crippen LogP contribution >= 0.6 is 23.1 Å². The van der Waals surface area contributed by atoms with Gasteiger partial charge in [-0.15, -0.1) is 23.1 Å². The normalized spacial score (nSPS) is 10.5. The average molecular weight is 440 g/mol. The molecule has 2 rings (SSSR count). The van der Waals surface area contributed by atoms with Crippen molar-refractivity contribution >= 4 is 45.9 Å². The second-order valence-electron chi connectivity index (χ2n) is 5.80. The van der Waals surface area contributed by atoms with E-state index in [-0.39, 0.29) is 46.8 Å². The summed E-state index contributed by atoms with van der Waals surface area (Å²) >= 11 is 2.41. The van der Waals surface area contributed by atoms with Gasteiger partial charge in [0.1, 0.15) is 15.7 Å². The van der Waals surface area contributed by atoms with Crippen molar-refractivity contribution in [1.29, 1.82) is 0 Å². The molecule has 0 bridgehead atoms. The maximum absolute atomic E-state index is 12.9. The highest BCUT2D eigenvalue weighted by Crippen LogP contribution is 2.34. The highest BCUT2D eigenvalue weighted by atomic mass is 32.2. The molecule has 0 aliphatic heterocycles. The Hall–Kier alpha value is -2.39. The Morgan fingerprint density at radius 3 is 2.31 bits per heavy atom.